The van der Waals surface area contributed by atoms with Crippen LogP contribution >= 0.6 is 0 Å². The lowest BCUT2D eigenvalue weighted by Crippen LogP contribution is -2.02. The highest BCUT2D eigenvalue weighted by Gasteiger charge is 2.22. The third-order valence-corrected chi connectivity index (χ3v) is 11.2. The molecule has 0 aliphatic heterocycles. The van der Waals surface area contributed by atoms with Gasteiger partial charge in [0.2, 0.25) is 5.89 Å². The van der Waals surface area contributed by atoms with Gasteiger partial charge < -0.3 is 13.6 Å². The van der Waals surface area contributed by atoms with Gasteiger partial charge in [-0.2, -0.15) is 0 Å². The second-order valence-electron chi connectivity index (χ2n) is 14.7. The minimum atomic E-state index is 0.517. The summed E-state index contributed by atoms with van der Waals surface area (Å²) in [5, 5.41) is 4.78. The number of aromatic nitrogens is 6. The summed E-state index contributed by atoms with van der Waals surface area (Å²) in [6.45, 7) is 0. The first kappa shape index (κ1) is 33.0. The van der Waals surface area contributed by atoms with Crippen molar-refractivity contribution in [2.24, 2.45) is 0 Å². The molecule has 0 spiro atoms. The lowest BCUT2D eigenvalue weighted by Gasteiger charge is -2.14. The molecule has 12 aromatic rings. The molecule has 8 aromatic carbocycles. The van der Waals surface area contributed by atoms with E-state index in [2.05, 4.69) is 124 Å². The number of oxazole rings is 1. The van der Waals surface area contributed by atoms with Crippen molar-refractivity contribution in [2.75, 3.05) is 0 Å². The molecule has 0 atom stereocenters. The van der Waals surface area contributed by atoms with Crippen molar-refractivity contribution in [1.29, 1.82) is 0 Å². The van der Waals surface area contributed by atoms with Crippen LogP contribution in [0.2, 0.25) is 0 Å². The fourth-order valence-electron chi connectivity index (χ4n) is 8.57. The Kier molecular flexibility index (Phi) is 7.40. The van der Waals surface area contributed by atoms with E-state index in [-0.39, 0.29) is 0 Å². The van der Waals surface area contributed by atoms with E-state index in [1.165, 1.54) is 21.5 Å². The standard InChI is InChI=1S/C52H32N6O/c1-4-16-33(17-5-1)49-54-50(56-51(55-49)42-26-15-29-45-46(42)53-52(59-45)34-18-6-2-7-19-34)35-20-14-23-37(32-35)58-44-28-13-11-25-39(44)41-31-30-40-38-24-10-12-27-43(38)57(47(40)48(41)58)36-21-8-3-9-22-36/h1-32H. The van der Waals surface area contributed by atoms with Gasteiger partial charge in [0.05, 0.1) is 22.1 Å². The van der Waals surface area contributed by atoms with Gasteiger partial charge in [0.1, 0.15) is 5.52 Å². The first-order chi connectivity index (χ1) is 29.3. The van der Waals surface area contributed by atoms with Crippen LogP contribution in [0.3, 0.4) is 0 Å². The Labute approximate surface area is 338 Å². The molecule has 0 saturated heterocycles. The normalized spacial score (nSPS) is 11.7. The summed E-state index contributed by atoms with van der Waals surface area (Å²) >= 11 is 0. The fraction of sp³-hybridized carbons (Fsp3) is 0. The summed E-state index contributed by atoms with van der Waals surface area (Å²) < 4.78 is 11.1. The van der Waals surface area contributed by atoms with Gasteiger partial charge in [0.25, 0.3) is 0 Å². The van der Waals surface area contributed by atoms with Crippen molar-refractivity contribution in [2.45, 2.75) is 0 Å². The second-order valence-corrected chi connectivity index (χ2v) is 14.7. The van der Waals surface area contributed by atoms with Crippen LogP contribution in [0.15, 0.2) is 199 Å². The van der Waals surface area contributed by atoms with E-state index in [0.29, 0.717) is 34.5 Å². The van der Waals surface area contributed by atoms with Crippen molar-refractivity contribution < 1.29 is 4.42 Å². The second kappa shape index (κ2) is 13.2. The average Bonchev–Trinajstić information content (AvgIpc) is 4.00. The minimum Gasteiger partial charge on any atom is -0.436 e. The SMILES string of the molecule is c1ccc(-c2nc(-c3cccc(-n4c5ccccc5c5ccc6c7ccccc7n(-c7ccccc7)c6c54)c3)nc(-c3cccc4oc(-c5ccccc5)nc34)n2)cc1. The first-order valence-corrected chi connectivity index (χ1v) is 19.7. The Bertz CT molecular complexity index is 3550. The Morgan fingerprint density at radius 3 is 1.54 bits per heavy atom. The van der Waals surface area contributed by atoms with Crippen LogP contribution in [0.4, 0.5) is 0 Å². The summed E-state index contributed by atoms with van der Waals surface area (Å²) in [6.07, 6.45) is 0. The summed E-state index contributed by atoms with van der Waals surface area (Å²) in [5.74, 6) is 2.20. The molecule has 0 aliphatic carbocycles. The van der Waals surface area contributed by atoms with Crippen molar-refractivity contribution >= 4 is 54.7 Å². The summed E-state index contributed by atoms with van der Waals surface area (Å²) in [7, 11) is 0. The molecule has 12 rings (SSSR count). The first-order valence-electron chi connectivity index (χ1n) is 19.7. The third kappa shape index (κ3) is 5.29. The molecule has 7 nitrogen and oxygen atoms in total. The predicted octanol–water partition coefficient (Wildman–Crippen LogP) is 12.9. The molecular weight excluding hydrogens is 725 g/mol. The zero-order valence-electron chi connectivity index (χ0n) is 31.6. The van der Waals surface area contributed by atoms with Crippen LogP contribution in [-0.2, 0) is 0 Å². The van der Waals surface area contributed by atoms with Crippen LogP contribution in [0.5, 0.6) is 0 Å². The molecule has 0 amide bonds. The predicted molar refractivity (Wildman–Crippen MR) is 238 cm³/mol. The van der Waals surface area contributed by atoms with Crippen molar-refractivity contribution in [3.05, 3.63) is 194 Å². The molecule has 7 heteroatoms. The van der Waals surface area contributed by atoms with E-state index in [9.17, 15) is 0 Å². The third-order valence-electron chi connectivity index (χ3n) is 11.2. The molecule has 0 saturated carbocycles. The van der Waals surface area contributed by atoms with Crippen molar-refractivity contribution in [3.8, 4) is 57.0 Å². The van der Waals surface area contributed by atoms with Crippen molar-refractivity contribution in [3.63, 3.8) is 0 Å². The fourth-order valence-corrected chi connectivity index (χ4v) is 8.57. The highest BCUT2D eigenvalue weighted by atomic mass is 16.3. The van der Waals surface area contributed by atoms with Gasteiger partial charge in [-0.25, -0.2) is 19.9 Å². The molecular formula is C52H32N6O. The number of para-hydroxylation sites is 4. The molecule has 0 bridgehead atoms. The molecule has 0 N–H and O–H groups in total. The van der Waals surface area contributed by atoms with E-state index in [0.717, 1.165) is 55.7 Å². The average molecular weight is 757 g/mol. The van der Waals surface area contributed by atoms with Gasteiger partial charge in [-0.3, -0.25) is 0 Å². The Hall–Kier alpha value is -8.16. The van der Waals surface area contributed by atoms with Gasteiger partial charge in [-0.05, 0) is 60.7 Å². The van der Waals surface area contributed by atoms with Crippen LogP contribution in [0.25, 0.3) is 112 Å². The van der Waals surface area contributed by atoms with E-state index in [4.69, 9.17) is 24.4 Å². The minimum absolute atomic E-state index is 0.517. The Morgan fingerprint density at radius 2 is 0.864 bits per heavy atom. The maximum Gasteiger partial charge on any atom is 0.227 e. The molecule has 276 valence electrons. The summed E-state index contributed by atoms with van der Waals surface area (Å²) in [6, 6.07) is 67.0. The summed E-state index contributed by atoms with van der Waals surface area (Å²) in [4.78, 5) is 20.4. The molecule has 4 heterocycles. The van der Waals surface area contributed by atoms with Gasteiger partial charge in [0.15, 0.2) is 23.1 Å². The topological polar surface area (TPSA) is 74.6 Å². The van der Waals surface area contributed by atoms with E-state index in [1.54, 1.807) is 0 Å². The Balaban J connectivity index is 1.10. The number of hydrogen-bond donors (Lipinski definition) is 0. The number of hydrogen-bond acceptors (Lipinski definition) is 5. The smallest absolute Gasteiger partial charge is 0.227 e. The maximum absolute atomic E-state index is 6.27. The number of fused-ring (bicyclic) bond motifs is 8. The van der Waals surface area contributed by atoms with Crippen LogP contribution in [0, 0.1) is 0 Å². The molecule has 4 aromatic heterocycles. The van der Waals surface area contributed by atoms with Gasteiger partial charge in [-0.15, -0.1) is 0 Å². The summed E-state index contributed by atoms with van der Waals surface area (Å²) in [5.41, 5.74) is 11.5. The zero-order chi connectivity index (χ0) is 38.9. The lowest BCUT2D eigenvalue weighted by molar-refractivity contribution is 0.620. The molecule has 59 heavy (non-hydrogen) atoms. The van der Waals surface area contributed by atoms with Crippen molar-refractivity contribution in [1.82, 2.24) is 29.1 Å². The molecule has 0 aliphatic rings. The van der Waals surface area contributed by atoms with E-state index < -0.39 is 0 Å². The largest absolute Gasteiger partial charge is 0.436 e. The van der Waals surface area contributed by atoms with Crippen LogP contribution in [0.1, 0.15) is 0 Å². The zero-order valence-corrected chi connectivity index (χ0v) is 31.6. The van der Waals surface area contributed by atoms with Crippen LogP contribution < -0.4 is 0 Å². The maximum atomic E-state index is 6.27. The lowest BCUT2D eigenvalue weighted by atomic mass is 10.1. The van der Waals surface area contributed by atoms with Gasteiger partial charge >= 0.3 is 0 Å². The highest BCUT2D eigenvalue weighted by molar-refractivity contribution is 6.23. The number of rotatable bonds is 6. The highest BCUT2D eigenvalue weighted by Crippen LogP contribution is 2.42. The van der Waals surface area contributed by atoms with E-state index >= 15 is 0 Å². The Morgan fingerprint density at radius 1 is 0.356 bits per heavy atom. The molecule has 0 unspecified atom stereocenters. The number of benzene rings is 8. The van der Waals surface area contributed by atoms with Gasteiger partial charge in [0, 0.05) is 55.2 Å². The van der Waals surface area contributed by atoms with Gasteiger partial charge in [-0.1, -0.05) is 133 Å². The molecule has 0 fully saturated rings. The monoisotopic (exact) mass is 756 g/mol. The van der Waals surface area contributed by atoms with E-state index in [1.807, 2.05) is 78.9 Å². The van der Waals surface area contributed by atoms with Crippen LogP contribution in [-0.4, -0.2) is 29.1 Å². The quantitative estimate of drug-likeness (QED) is 0.169. The molecule has 0 radical (unpaired) electrons. The number of nitrogens with zero attached hydrogens (tertiary/aromatic N) is 6.